The number of carbonyl (C=O) groups excluding carboxylic acids is 1. The van der Waals surface area contributed by atoms with Crippen molar-refractivity contribution in [2.45, 2.75) is 13.3 Å². The molecule has 0 aromatic rings. The van der Waals surface area contributed by atoms with E-state index in [1.165, 1.54) is 6.08 Å². The zero-order chi connectivity index (χ0) is 12.1. The van der Waals surface area contributed by atoms with Crippen molar-refractivity contribution in [3.05, 3.63) is 12.7 Å². The lowest BCUT2D eigenvalue weighted by molar-refractivity contribution is -0.830. The highest BCUT2D eigenvalue weighted by Crippen LogP contribution is 2.06. The average Bonchev–Trinajstić information content (AvgIpc) is 2.14. The maximum absolute atomic E-state index is 11.5. The fourth-order valence-electron chi connectivity index (χ4n) is 1.24. The first-order chi connectivity index (χ1) is 6.75. The van der Waals surface area contributed by atoms with Crippen molar-refractivity contribution in [3.8, 4) is 0 Å². The number of carbonyl (C=O) groups is 1. The Labute approximate surface area is 90.7 Å². The number of hydrogen-bond acceptors (Lipinski definition) is 3. The molecule has 0 aliphatic rings. The van der Waals surface area contributed by atoms with Crippen molar-refractivity contribution < 1.29 is 22.2 Å². The van der Waals surface area contributed by atoms with Crippen LogP contribution >= 0.6 is 0 Å². The summed E-state index contributed by atoms with van der Waals surface area (Å²) in [5, 5.41) is 0. The van der Waals surface area contributed by atoms with E-state index in [0.29, 0.717) is 13.1 Å². The van der Waals surface area contributed by atoms with E-state index < -0.39 is 10.1 Å². The fraction of sp³-hybridized carbons (Fsp3) is 0.667. The van der Waals surface area contributed by atoms with Gasteiger partial charge < -0.3 is 0 Å². The second-order valence-electron chi connectivity index (χ2n) is 3.62. The van der Waals surface area contributed by atoms with Crippen LogP contribution in [-0.4, -0.2) is 49.3 Å². The average molecular weight is 236 g/mol. The fourth-order valence-corrected chi connectivity index (χ4v) is 1.73. The Morgan fingerprint density at radius 1 is 1.53 bits per heavy atom. The van der Waals surface area contributed by atoms with E-state index >= 15 is 0 Å². The standard InChI is InChI=1S/C9H17NO4S/c1-4-9(11)10(3,5-2)7-6-8-15(12,13)14/h4H,1,5-8H2,2-3H3/p+1. The molecule has 0 aliphatic heterocycles. The lowest BCUT2D eigenvalue weighted by Crippen LogP contribution is -2.49. The molecule has 0 saturated carbocycles. The van der Waals surface area contributed by atoms with Crippen LogP contribution in [0.1, 0.15) is 13.3 Å². The number of amides is 1. The van der Waals surface area contributed by atoms with Gasteiger partial charge in [0, 0.05) is 12.5 Å². The monoisotopic (exact) mass is 236 g/mol. The third-order valence-electron chi connectivity index (χ3n) is 2.46. The maximum atomic E-state index is 11.5. The molecule has 0 spiro atoms. The molecular weight excluding hydrogens is 218 g/mol. The van der Waals surface area contributed by atoms with E-state index in [2.05, 4.69) is 6.58 Å². The van der Waals surface area contributed by atoms with E-state index in [4.69, 9.17) is 4.55 Å². The Hall–Kier alpha value is -0.720. The molecule has 0 saturated heterocycles. The summed E-state index contributed by atoms with van der Waals surface area (Å²) in [6, 6.07) is 0. The zero-order valence-electron chi connectivity index (χ0n) is 9.14. The van der Waals surface area contributed by atoms with Gasteiger partial charge in [0.2, 0.25) is 0 Å². The highest BCUT2D eigenvalue weighted by Gasteiger charge is 2.27. The van der Waals surface area contributed by atoms with Crippen LogP contribution < -0.4 is 0 Å². The minimum Gasteiger partial charge on any atom is -0.286 e. The topological polar surface area (TPSA) is 71.4 Å². The minimum absolute atomic E-state index is 0.110. The third kappa shape index (κ3) is 5.06. The second-order valence-corrected chi connectivity index (χ2v) is 5.19. The van der Waals surface area contributed by atoms with Crippen LogP contribution in [0.4, 0.5) is 0 Å². The normalized spacial score (nSPS) is 15.7. The van der Waals surface area contributed by atoms with Gasteiger partial charge in [0.25, 0.3) is 10.1 Å². The van der Waals surface area contributed by atoms with Gasteiger partial charge in [0.05, 0.1) is 25.9 Å². The quantitative estimate of drug-likeness (QED) is 0.413. The number of rotatable bonds is 6. The van der Waals surface area contributed by atoms with Gasteiger partial charge in [0.1, 0.15) is 0 Å². The molecule has 15 heavy (non-hydrogen) atoms. The molecule has 0 aromatic carbocycles. The Morgan fingerprint density at radius 3 is 2.40 bits per heavy atom. The SMILES string of the molecule is C=CC(=O)[N+](C)(CC)CCCS(=O)(=O)O. The van der Waals surface area contributed by atoms with Crippen LogP contribution in [0.15, 0.2) is 12.7 Å². The molecule has 88 valence electrons. The molecule has 1 unspecified atom stereocenters. The molecule has 0 aromatic heterocycles. The zero-order valence-corrected chi connectivity index (χ0v) is 9.96. The van der Waals surface area contributed by atoms with Crippen molar-refractivity contribution in [1.29, 1.82) is 0 Å². The molecule has 0 rings (SSSR count). The summed E-state index contributed by atoms with van der Waals surface area (Å²) in [4.78, 5) is 11.5. The van der Waals surface area contributed by atoms with E-state index in [-0.39, 0.29) is 22.6 Å². The van der Waals surface area contributed by atoms with E-state index in [1.807, 2.05) is 6.92 Å². The predicted octanol–water partition coefficient (Wildman–Crippen LogP) is 0.443. The van der Waals surface area contributed by atoms with Gasteiger partial charge in [0.15, 0.2) is 0 Å². The Bertz CT molecular complexity index is 336. The largest absolute Gasteiger partial charge is 0.337 e. The van der Waals surface area contributed by atoms with E-state index in [9.17, 15) is 13.2 Å². The van der Waals surface area contributed by atoms with Crippen LogP contribution in [0, 0.1) is 0 Å². The van der Waals surface area contributed by atoms with Gasteiger partial charge in [-0.3, -0.25) is 9.04 Å². The van der Waals surface area contributed by atoms with Crippen molar-refractivity contribution in [1.82, 2.24) is 0 Å². The Morgan fingerprint density at radius 2 is 2.07 bits per heavy atom. The molecule has 6 heteroatoms. The molecule has 1 N–H and O–H groups in total. The molecule has 1 atom stereocenters. The van der Waals surface area contributed by atoms with Crippen molar-refractivity contribution >= 4 is 16.0 Å². The summed E-state index contributed by atoms with van der Waals surface area (Å²) < 4.78 is 29.6. The smallest absolute Gasteiger partial charge is 0.286 e. The van der Waals surface area contributed by atoms with Gasteiger partial charge >= 0.3 is 5.91 Å². The van der Waals surface area contributed by atoms with E-state index in [1.54, 1.807) is 7.05 Å². The predicted molar refractivity (Wildman–Crippen MR) is 57.8 cm³/mol. The molecule has 0 heterocycles. The molecular formula is C9H18NO4S+. The number of nitrogens with zero attached hydrogens (tertiary/aromatic N) is 1. The first-order valence-corrected chi connectivity index (χ1v) is 6.33. The van der Waals surface area contributed by atoms with Crippen LogP contribution in [0.3, 0.4) is 0 Å². The summed E-state index contributed by atoms with van der Waals surface area (Å²) in [5.74, 6) is -0.460. The van der Waals surface area contributed by atoms with Gasteiger partial charge in [-0.1, -0.05) is 6.58 Å². The number of quaternary nitrogens is 1. The highest BCUT2D eigenvalue weighted by atomic mass is 32.2. The number of likely N-dealkylation sites (N-methyl/N-ethyl adjacent to an activating group) is 1. The van der Waals surface area contributed by atoms with Gasteiger partial charge in [-0.05, 0) is 6.92 Å². The molecule has 0 aliphatic carbocycles. The first kappa shape index (κ1) is 14.3. The van der Waals surface area contributed by atoms with Gasteiger partial charge in [-0.2, -0.15) is 8.42 Å². The summed E-state index contributed by atoms with van der Waals surface area (Å²) >= 11 is 0. The highest BCUT2D eigenvalue weighted by molar-refractivity contribution is 7.85. The summed E-state index contributed by atoms with van der Waals surface area (Å²) in [7, 11) is -2.22. The molecule has 1 amide bonds. The third-order valence-corrected chi connectivity index (χ3v) is 3.26. The van der Waals surface area contributed by atoms with Crippen LogP contribution in [0.2, 0.25) is 0 Å². The second kappa shape index (κ2) is 5.39. The Kier molecular flexibility index (Phi) is 5.13. The molecule has 0 bridgehead atoms. The van der Waals surface area contributed by atoms with Gasteiger partial charge in [-0.25, -0.2) is 4.79 Å². The number of hydrogen-bond donors (Lipinski definition) is 1. The van der Waals surface area contributed by atoms with Crippen LogP contribution in [-0.2, 0) is 14.9 Å². The lowest BCUT2D eigenvalue weighted by atomic mass is 10.3. The van der Waals surface area contributed by atoms with Crippen LogP contribution in [0.5, 0.6) is 0 Å². The molecule has 0 radical (unpaired) electrons. The van der Waals surface area contributed by atoms with Crippen LogP contribution in [0.25, 0.3) is 0 Å². The summed E-state index contributed by atoms with van der Waals surface area (Å²) in [6.07, 6.45) is 1.49. The van der Waals surface area contributed by atoms with Crippen molar-refractivity contribution in [3.63, 3.8) is 0 Å². The first-order valence-electron chi connectivity index (χ1n) is 4.72. The summed E-state index contributed by atoms with van der Waals surface area (Å²) in [6.45, 7) is 6.18. The van der Waals surface area contributed by atoms with Crippen molar-refractivity contribution in [2.24, 2.45) is 0 Å². The molecule has 0 fully saturated rings. The molecule has 5 nitrogen and oxygen atoms in total. The maximum Gasteiger partial charge on any atom is 0.337 e. The van der Waals surface area contributed by atoms with E-state index in [0.717, 1.165) is 0 Å². The van der Waals surface area contributed by atoms with Crippen molar-refractivity contribution in [2.75, 3.05) is 25.9 Å². The summed E-state index contributed by atoms with van der Waals surface area (Å²) in [5.41, 5.74) is 0. The van der Waals surface area contributed by atoms with Gasteiger partial charge in [-0.15, -0.1) is 0 Å². The Balaban J connectivity index is 4.34. The minimum atomic E-state index is -3.93. The lowest BCUT2D eigenvalue weighted by Gasteiger charge is -2.28.